The van der Waals surface area contributed by atoms with Gasteiger partial charge in [-0.1, -0.05) is 29.3 Å². The monoisotopic (exact) mass is 314 g/mol. The maximum absolute atomic E-state index is 12.4. The van der Waals surface area contributed by atoms with Crippen molar-refractivity contribution < 1.29 is 4.79 Å². The van der Waals surface area contributed by atoms with Gasteiger partial charge in [0.25, 0.3) is 5.91 Å². The Labute approximate surface area is 125 Å². The minimum atomic E-state index is -0.0953. The Morgan fingerprint density at radius 1 is 1.37 bits per heavy atom. The molecule has 2 rings (SSSR count). The summed E-state index contributed by atoms with van der Waals surface area (Å²) in [5, 5.41) is 2.44. The molecule has 0 aliphatic heterocycles. The van der Waals surface area contributed by atoms with Crippen molar-refractivity contribution in [3.05, 3.63) is 50.4 Å². The first-order valence-electron chi connectivity index (χ1n) is 5.75. The summed E-state index contributed by atoms with van der Waals surface area (Å²) < 4.78 is 0. The number of hydrogen-bond acceptors (Lipinski definition) is 3. The third-order valence-electron chi connectivity index (χ3n) is 2.61. The second kappa shape index (κ2) is 6.37. The van der Waals surface area contributed by atoms with E-state index in [0.717, 1.165) is 4.88 Å². The van der Waals surface area contributed by atoms with Crippen LogP contribution in [0.5, 0.6) is 0 Å². The molecule has 0 aliphatic rings. The number of amides is 1. The second-order valence-corrected chi connectivity index (χ2v) is 5.71. The highest BCUT2D eigenvalue weighted by Gasteiger charge is 2.16. The molecule has 0 radical (unpaired) electrons. The third-order valence-corrected chi connectivity index (χ3v) is 3.85. The molecule has 0 saturated carbocycles. The fraction of sp³-hybridized carbons (Fsp3) is 0.231. The van der Waals surface area contributed by atoms with Gasteiger partial charge in [-0.15, -0.1) is 11.3 Å². The maximum Gasteiger partial charge on any atom is 0.254 e. The van der Waals surface area contributed by atoms with E-state index in [0.29, 0.717) is 18.7 Å². The van der Waals surface area contributed by atoms with Gasteiger partial charge in [0.1, 0.15) is 10.3 Å². The van der Waals surface area contributed by atoms with Crippen molar-refractivity contribution in [1.29, 1.82) is 0 Å². The number of carbonyl (C=O) groups excluding carboxylic acids is 1. The lowest BCUT2D eigenvalue weighted by molar-refractivity contribution is 0.0754. The molecular formula is C13H12Cl2N2OS. The molecule has 0 spiro atoms. The summed E-state index contributed by atoms with van der Waals surface area (Å²) in [6, 6.07) is 7.05. The van der Waals surface area contributed by atoms with Gasteiger partial charge in [0.05, 0.1) is 6.54 Å². The number of carbonyl (C=O) groups is 1. The molecule has 0 aliphatic carbocycles. The predicted molar refractivity (Wildman–Crippen MR) is 79.0 cm³/mol. The smallest absolute Gasteiger partial charge is 0.254 e. The highest BCUT2D eigenvalue weighted by Crippen LogP contribution is 2.18. The topological polar surface area (TPSA) is 33.2 Å². The Morgan fingerprint density at radius 2 is 2.05 bits per heavy atom. The van der Waals surface area contributed by atoms with Crippen LogP contribution in [0.2, 0.25) is 10.3 Å². The van der Waals surface area contributed by atoms with Crippen LogP contribution in [-0.2, 0) is 6.54 Å². The van der Waals surface area contributed by atoms with Crippen molar-refractivity contribution in [2.45, 2.75) is 13.5 Å². The zero-order chi connectivity index (χ0) is 13.8. The van der Waals surface area contributed by atoms with E-state index in [-0.39, 0.29) is 16.2 Å². The molecular weight excluding hydrogens is 303 g/mol. The maximum atomic E-state index is 12.4. The summed E-state index contributed by atoms with van der Waals surface area (Å²) in [5.74, 6) is -0.0953. The number of thiophene rings is 1. The molecule has 0 saturated heterocycles. The zero-order valence-corrected chi connectivity index (χ0v) is 12.6. The normalized spacial score (nSPS) is 10.5. The summed E-state index contributed by atoms with van der Waals surface area (Å²) in [6.45, 7) is 3.15. The summed E-state index contributed by atoms with van der Waals surface area (Å²) in [4.78, 5) is 19.1. The van der Waals surface area contributed by atoms with Crippen LogP contribution in [0, 0.1) is 0 Å². The van der Waals surface area contributed by atoms with E-state index >= 15 is 0 Å². The quantitative estimate of drug-likeness (QED) is 0.796. The average molecular weight is 315 g/mol. The fourth-order valence-corrected chi connectivity index (χ4v) is 2.87. The first-order chi connectivity index (χ1) is 9.10. The fourth-order valence-electron chi connectivity index (χ4n) is 1.69. The molecule has 2 aromatic heterocycles. The molecule has 0 bridgehead atoms. The van der Waals surface area contributed by atoms with E-state index in [1.54, 1.807) is 16.2 Å². The lowest BCUT2D eigenvalue weighted by Crippen LogP contribution is -2.30. The average Bonchev–Trinajstić information content (AvgIpc) is 2.86. The van der Waals surface area contributed by atoms with E-state index in [1.807, 2.05) is 24.4 Å². The number of rotatable bonds is 4. The van der Waals surface area contributed by atoms with Crippen molar-refractivity contribution in [3.63, 3.8) is 0 Å². The van der Waals surface area contributed by atoms with Crippen molar-refractivity contribution in [2.24, 2.45) is 0 Å². The molecule has 0 N–H and O–H groups in total. The summed E-state index contributed by atoms with van der Waals surface area (Å²) >= 11 is 13.3. The van der Waals surface area contributed by atoms with Crippen LogP contribution in [0.25, 0.3) is 0 Å². The van der Waals surface area contributed by atoms with E-state index in [4.69, 9.17) is 23.2 Å². The van der Waals surface area contributed by atoms with Crippen LogP contribution in [0.1, 0.15) is 22.2 Å². The van der Waals surface area contributed by atoms with Gasteiger partial charge < -0.3 is 4.90 Å². The SMILES string of the molecule is CCN(Cc1cccs1)C(=O)c1cc(Cl)nc(Cl)c1. The van der Waals surface area contributed by atoms with Crippen LogP contribution < -0.4 is 0 Å². The van der Waals surface area contributed by atoms with Crippen molar-refractivity contribution in [1.82, 2.24) is 9.88 Å². The third kappa shape index (κ3) is 3.69. The lowest BCUT2D eigenvalue weighted by atomic mass is 10.2. The molecule has 6 heteroatoms. The number of hydrogen-bond donors (Lipinski definition) is 0. The molecule has 19 heavy (non-hydrogen) atoms. The molecule has 2 aromatic rings. The van der Waals surface area contributed by atoms with E-state index in [9.17, 15) is 4.79 Å². The highest BCUT2D eigenvalue weighted by atomic mass is 35.5. The predicted octanol–water partition coefficient (Wildman–Crippen LogP) is 4.11. The largest absolute Gasteiger partial charge is 0.334 e. The molecule has 3 nitrogen and oxygen atoms in total. The van der Waals surface area contributed by atoms with Crippen LogP contribution in [-0.4, -0.2) is 22.3 Å². The van der Waals surface area contributed by atoms with E-state index in [1.165, 1.54) is 12.1 Å². The number of halogens is 2. The Kier molecular flexibility index (Phi) is 4.80. The van der Waals surface area contributed by atoms with Gasteiger partial charge in [0, 0.05) is 17.0 Å². The first-order valence-corrected chi connectivity index (χ1v) is 7.38. The van der Waals surface area contributed by atoms with E-state index < -0.39 is 0 Å². The molecule has 0 atom stereocenters. The molecule has 0 fully saturated rings. The Hall–Kier alpha value is -1.10. The Balaban J connectivity index is 2.20. The summed E-state index contributed by atoms with van der Waals surface area (Å²) in [5.41, 5.74) is 0.461. The molecule has 0 unspecified atom stereocenters. The first kappa shape index (κ1) is 14.3. The van der Waals surface area contributed by atoms with Gasteiger partial charge in [-0.2, -0.15) is 0 Å². The molecule has 2 heterocycles. The van der Waals surface area contributed by atoms with Gasteiger partial charge in [-0.05, 0) is 30.5 Å². The lowest BCUT2D eigenvalue weighted by Gasteiger charge is -2.20. The Bertz CT molecular complexity index is 552. The van der Waals surface area contributed by atoms with Crippen LogP contribution >= 0.6 is 34.5 Å². The standard InChI is InChI=1S/C13H12Cl2N2OS/c1-2-17(8-10-4-3-5-19-10)13(18)9-6-11(14)16-12(15)7-9/h3-7H,2,8H2,1H3. The summed E-state index contributed by atoms with van der Waals surface area (Å²) in [7, 11) is 0. The van der Waals surface area contributed by atoms with Gasteiger partial charge in [0.15, 0.2) is 0 Å². The van der Waals surface area contributed by atoms with Crippen LogP contribution in [0.15, 0.2) is 29.6 Å². The minimum Gasteiger partial charge on any atom is -0.334 e. The Morgan fingerprint density at radius 3 is 2.58 bits per heavy atom. The summed E-state index contributed by atoms with van der Waals surface area (Å²) in [6.07, 6.45) is 0. The van der Waals surface area contributed by atoms with Gasteiger partial charge in [-0.25, -0.2) is 4.98 Å². The van der Waals surface area contributed by atoms with Crippen molar-refractivity contribution >= 4 is 40.4 Å². The number of nitrogens with zero attached hydrogens (tertiary/aromatic N) is 2. The molecule has 100 valence electrons. The number of aromatic nitrogens is 1. The van der Waals surface area contributed by atoms with Crippen LogP contribution in [0.3, 0.4) is 0 Å². The minimum absolute atomic E-state index is 0.0953. The molecule has 1 amide bonds. The van der Waals surface area contributed by atoms with Gasteiger partial charge in [0.2, 0.25) is 0 Å². The zero-order valence-electron chi connectivity index (χ0n) is 10.3. The van der Waals surface area contributed by atoms with Crippen molar-refractivity contribution in [3.8, 4) is 0 Å². The highest BCUT2D eigenvalue weighted by molar-refractivity contribution is 7.09. The van der Waals surface area contributed by atoms with E-state index in [2.05, 4.69) is 4.98 Å². The van der Waals surface area contributed by atoms with Gasteiger partial charge >= 0.3 is 0 Å². The number of pyridine rings is 1. The van der Waals surface area contributed by atoms with Gasteiger partial charge in [-0.3, -0.25) is 4.79 Å². The molecule has 0 aromatic carbocycles. The van der Waals surface area contributed by atoms with Crippen molar-refractivity contribution in [2.75, 3.05) is 6.54 Å². The second-order valence-electron chi connectivity index (χ2n) is 3.90. The van der Waals surface area contributed by atoms with Crippen LogP contribution in [0.4, 0.5) is 0 Å².